The van der Waals surface area contributed by atoms with Gasteiger partial charge in [0.2, 0.25) is 0 Å². The summed E-state index contributed by atoms with van der Waals surface area (Å²) in [5, 5.41) is 17.1. The number of aromatic amines is 1. The molecule has 1 aliphatic carbocycles. The predicted octanol–water partition coefficient (Wildman–Crippen LogP) is 4.49. The lowest BCUT2D eigenvalue weighted by Crippen LogP contribution is -2.09. The zero-order valence-electron chi connectivity index (χ0n) is 13.5. The van der Waals surface area contributed by atoms with Crippen LogP contribution in [0, 0.1) is 11.7 Å². The topological polar surface area (TPSA) is 53.8 Å². The van der Waals surface area contributed by atoms with Crippen molar-refractivity contribution in [2.24, 2.45) is 0 Å². The Kier molecular flexibility index (Phi) is 3.73. The lowest BCUT2D eigenvalue weighted by Gasteiger charge is -2.20. The zero-order chi connectivity index (χ0) is 16.7. The first-order valence-electron chi connectivity index (χ1n) is 8.23. The molecule has 0 amide bonds. The van der Waals surface area contributed by atoms with Gasteiger partial charge in [-0.3, -0.25) is 9.67 Å². The molecule has 1 heterocycles. The Morgan fingerprint density at radius 2 is 2.00 bits per heavy atom. The van der Waals surface area contributed by atoms with Crippen LogP contribution in [0.1, 0.15) is 29.5 Å². The number of fused-ring (bicyclic) bond motifs is 1. The molecule has 0 saturated heterocycles. The molecule has 0 unspecified atom stereocenters. The normalized spacial score (nSPS) is 13.7. The lowest BCUT2D eigenvalue weighted by molar-refractivity contribution is 0.475. The van der Waals surface area contributed by atoms with Crippen molar-refractivity contribution in [2.75, 3.05) is 0 Å². The molecule has 0 fully saturated rings. The second-order valence-electron chi connectivity index (χ2n) is 6.31. The van der Waals surface area contributed by atoms with Gasteiger partial charge in [-0.1, -0.05) is 12.1 Å². The van der Waals surface area contributed by atoms with Crippen LogP contribution >= 0.6 is 12.2 Å². The maximum atomic E-state index is 9.68. The van der Waals surface area contributed by atoms with Gasteiger partial charge < -0.3 is 5.11 Å². The summed E-state index contributed by atoms with van der Waals surface area (Å²) in [6.07, 6.45) is 4.66. The number of rotatable bonds is 2. The maximum absolute atomic E-state index is 9.68. The van der Waals surface area contributed by atoms with Crippen LogP contribution in [0.25, 0.3) is 17.1 Å². The monoisotopic (exact) mass is 337 g/mol. The van der Waals surface area contributed by atoms with E-state index in [0.29, 0.717) is 4.77 Å². The van der Waals surface area contributed by atoms with Crippen LogP contribution in [-0.2, 0) is 12.8 Å². The summed E-state index contributed by atoms with van der Waals surface area (Å²) in [6.45, 7) is 1.97. The average molecular weight is 337 g/mol. The van der Waals surface area contributed by atoms with Gasteiger partial charge in [-0.05, 0) is 85.8 Å². The number of benzene rings is 2. The molecule has 5 heteroatoms. The van der Waals surface area contributed by atoms with Crippen LogP contribution < -0.4 is 0 Å². The van der Waals surface area contributed by atoms with Gasteiger partial charge in [-0.15, -0.1) is 0 Å². The number of phenolic OH excluding ortho intramolecular Hbond substituents is 1. The van der Waals surface area contributed by atoms with E-state index in [9.17, 15) is 5.11 Å². The van der Waals surface area contributed by atoms with Crippen molar-refractivity contribution in [1.82, 2.24) is 14.8 Å². The van der Waals surface area contributed by atoms with Crippen molar-refractivity contribution in [3.63, 3.8) is 0 Å². The minimum atomic E-state index is 0.258. The van der Waals surface area contributed by atoms with Crippen LogP contribution in [0.4, 0.5) is 0 Å². The largest absolute Gasteiger partial charge is 0.508 e. The summed E-state index contributed by atoms with van der Waals surface area (Å²) in [5.41, 5.74) is 5.84. The zero-order valence-corrected chi connectivity index (χ0v) is 14.4. The molecule has 2 aromatic carbocycles. The van der Waals surface area contributed by atoms with Gasteiger partial charge in [0, 0.05) is 5.56 Å². The summed E-state index contributed by atoms with van der Waals surface area (Å²) < 4.78 is 2.62. The molecule has 0 bridgehead atoms. The van der Waals surface area contributed by atoms with Crippen molar-refractivity contribution < 1.29 is 5.11 Å². The fourth-order valence-electron chi connectivity index (χ4n) is 3.57. The predicted molar refractivity (Wildman–Crippen MR) is 97.2 cm³/mol. The minimum Gasteiger partial charge on any atom is -0.508 e. The Bertz CT molecular complexity index is 971. The highest BCUT2D eigenvalue weighted by molar-refractivity contribution is 7.71. The summed E-state index contributed by atoms with van der Waals surface area (Å²) >= 11 is 5.52. The maximum Gasteiger partial charge on any atom is 0.200 e. The number of hydrogen-bond donors (Lipinski definition) is 2. The quantitative estimate of drug-likeness (QED) is 0.678. The molecule has 1 aliphatic rings. The van der Waals surface area contributed by atoms with Gasteiger partial charge in [0.15, 0.2) is 10.6 Å². The van der Waals surface area contributed by atoms with E-state index in [4.69, 9.17) is 12.2 Å². The van der Waals surface area contributed by atoms with Crippen LogP contribution in [0.2, 0.25) is 0 Å². The first-order chi connectivity index (χ1) is 11.6. The number of aryl methyl sites for hydroxylation is 2. The van der Waals surface area contributed by atoms with Gasteiger partial charge in [0.25, 0.3) is 0 Å². The highest BCUT2D eigenvalue weighted by atomic mass is 32.1. The Hall–Kier alpha value is -2.40. The van der Waals surface area contributed by atoms with E-state index in [1.165, 1.54) is 24.0 Å². The third-order valence-electron chi connectivity index (χ3n) is 4.74. The van der Waals surface area contributed by atoms with Crippen LogP contribution in [0.3, 0.4) is 0 Å². The molecular formula is C19H19N3OS. The van der Waals surface area contributed by atoms with Gasteiger partial charge in [-0.25, -0.2) is 0 Å². The first kappa shape index (κ1) is 15.1. The molecule has 4 nitrogen and oxygen atoms in total. The van der Waals surface area contributed by atoms with Crippen molar-refractivity contribution in [3.8, 4) is 22.8 Å². The van der Waals surface area contributed by atoms with Gasteiger partial charge in [0.1, 0.15) is 5.75 Å². The molecule has 0 aliphatic heterocycles. The highest BCUT2D eigenvalue weighted by Gasteiger charge is 2.19. The molecule has 4 rings (SSSR count). The molecule has 24 heavy (non-hydrogen) atoms. The Labute approximate surface area is 145 Å². The van der Waals surface area contributed by atoms with Crippen molar-refractivity contribution in [3.05, 3.63) is 57.9 Å². The van der Waals surface area contributed by atoms with E-state index in [1.54, 1.807) is 12.1 Å². The summed E-state index contributed by atoms with van der Waals surface area (Å²) in [4.78, 5) is 0. The second kappa shape index (κ2) is 5.91. The van der Waals surface area contributed by atoms with Gasteiger partial charge in [-0.2, -0.15) is 5.10 Å². The molecule has 0 spiro atoms. The third-order valence-corrected chi connectivity index (χ3v) is 5.01. The fraction of sp³-hybridized carbons (Fsp3) is 0.263. The average Bonchev–Trinajstić information content (AvgIpc) is 2.95. The molecule has 122 valence electrons. The number of hydrogen-bond acceptors (Lipinski definition) is 3. The molecular weight excluding hydrogens is 318 g/mol. The van der Waals surface area contributed by atoms with E-state index in [0.717, 1.165) is 35.5 Å². The molecule has 1 aromatic heterocycles. The smallest absolute Gasteiger partial charge is 0.200 e. The number of aromatic nitrogens is 3. The molecule has 0 atom stereocenters. The Balaban J connectivity index is 1.95. The van der Waals surface area contributed by atoms with Crippen molar-refractivity contribution >= 4 is 12.2 Å². The number of nitrogens with one attached hydrogen (secondary N) is 1. The third kappa shape index (κ3) is 2.45. The highest BCUT2D eigenvalue weighted by Crippen LogP contribution is 2.31. The van der Waals surface area contributed by atoms with Crippen LogP contribution in [0.15, 0.2) is 36.4 Å². The molecule has 0 radical (unpaired) electrons. The van der Waals surface area contributed by atoms with Crippen LogP contribution in [0.5, 0.6) is 5.75 Å². The van der Waals surface area contributed by atoms with E-state index in [1.807, 2.05) is 17.6 Å². The van der Waals surface area contributed by atoms with E-state index in [2.05, 4.69) is 28.4 Å². The molecule has 2 N–H and O–H groups in total. The molecule has 3 aromatic rings. The summed E-state index contributed by atoms with van der Waals surface area (Å²) in [6, 6.07) is 11.8. The number of phenols is 1. The lowest BCUT2D eigenvalue weighted by atomic mass is 9.90. The second-order valence-corrected chi connectivity index (χ2v) is 6.70. The summed E-state index contributed by atoms with van der Waals surface area (Å²) in [5.74, 6) is 1.05. The fourth-order valence-corrected chi connectivity index (χ4v) is 3.80. The standard InChI is InChI=1S/C19H19N3OS/c1-12-11-14(23)9-10-15(12)18-20-21-19(24)22(18)17-8-4-6-13-5-2-3-7-16(13)17/h4,6,8-11,23H,2-3,5,7H2,1H3,(H,21,24). The van der Waals surface area contributed by atoms with Crippen molar-refractivity contribution in [2.45, 2.75) is 32.6 Å². The molecule has 0 saturated carbocycles. The Morgan fingerprint density at radius 1 is 1.17 bits per heavy atom. The van der Waals surface area contributed by atoms with Crippen molar-refractivity contribution in [1.29, 1.82) is 0 Å². The Morgan fingerprint density at radius 3 is 2.83 bits per heavy atom. The number of nitrogens with zero attached hydrogens (tertiary/aromatic N) is 2. The number of aromatic hydroxyl groups is 1. The van der Waals surface area contributed by atoms with Gasteiger partial charge >= 0.3 is 0 Å². The minimum absolute atomic E-state index is 0.258. The number of H-pyrrole nitrogens is 1. The van der Waals surface area contributed by atoms with E-state index in [-0.39, 0.29) is 5.75 Å². The SMILES string of the molecule is Cc1cc(O)ccc1-c1n[nH]c(=S)n1-c1cccc2c1CCCC2. The van der Waals surface area contributed by atoms with E-state index < -0.39 is 0 Å². The van der Waals surface area contributed by atoms with Crippen LogP contribution in [-0.4, -0.2) is 19.9 Å². The first-order valence-corrected chi connectivity index (χ1v) is 8.64. The summed E-state index contributed by atoms with van der Waals surface area (Å²) in [7, 11) is 0. The van der Waals surface area contributed by atoms with Gasteiger partial charge in [0.05, 0.1) is 5.69 Å². The van der Waals surface area contributed by atoms with E-state index >= 15 is 0 Å².